The van der Waals surface area contributed by atoms with Crippen molar-refractivity contribution in [1.82, 2.24) is 0 Å². The molecule has 0 heterocycles. The van der Waals surface area contributed by atoms with Crippen molar-refractivity contribution < 1.29 is 14.9 Å². The maximum Gasteiger partial charge on any atom is 0.138 e. The molecular formula is C27H39ClO3. The monoisotopic (exact) mass is 446 g/mol. The zero-order chi connectivity index (χ0) is 21.8. The van der Waals surface area contributed by atoms with Gasteiger partial charge in [0.05, 0.1) is 17.7 Å². The number of fused-ring (bicyclic) bond motifs is 5. The average Bonchev–Trinajstić information content (AvgIpc) is 3.15. The molecule has 3 nitrogen and oxygen atoms in total. The number of halogens is 1. The summed E-state index contributed by atoms with van der Waals surface area (Å²) in [4.78, 5) is 0. The van der Waals surface area contributed by atoms with Crippen molar-refractivity contribution in [2.24, 2.45) is 34.5 Å². The van der Waals surface area contributed by atoms with Gasteiger partial charge in [-0.15, -0.1) is 0 Å². The Morgan fingerprint density at radius 1 is 1.03 bits per heavy atom. The second kappa shape index (κ2) is 8.22. The molecule has 172 valence electrons. The third kappa shape index (κ3) is 3.45. The summed E-state index contributed by atoms with van der Waals surface area (Å²) in [5, 5.41) is 21.1. The Balaban J connectivity index is 1.53. The molecule has 0 radical (unpaired) electrons. The fourth-order valence-corrected chi connectivity index (χ4v) is 9.09. The largest absolute Gasteiger partial charge is 0.490 e. The number of ether oxygens (including phenoxy) is 1. The zero-order valence-corrected chi connectivity index (χ0v) is 19.9. The van der Waals surface area contributed by atoms with E-state index < -0.39 is 0 Å². The Kier molecular flexibility index (Phi) is 5.85. The maximum absolute atomic E-state index is 11.4. The summed E-state index contributed by atoms with van der Waals surface area (Å²) < 4.78 is 5.73. The molecule has 4 heteroatoms. The summed E-state index contributed by atoms with van der Waals surface area (Å²) in [6.45, 7) is 5.28. The van der Waals surface area contributed by atoms with Crippen molar-refractivity contribution >= 4 is 11.6 Å². The first-order chi connectivity index (χ1) is 14.9. The number of aliphatic hydroxyl groups excluding tert-OH is 2. The lowest BCUT2D eigenvalue weighted by Crippen LogP contribution is -2.57. The summed E-state index contributed by atoms with van der Waals surface area (Å²) in [6.07, 6.45) is 11.3. The summed E-state index contributed by atoms with van der Waals surface area (Å²) in [7, 11) is 0. The Morgan fingerprint density at radius 2 is 1.84 bits per heavy atom. The minimum absolute atomic E-state index is 0.0314. The first-order valence-corrected chi connectivity index (χ1v) is 13.0. The minimum Gasteiger partial charge on any atom is -0.490 e. The van der Waals surface area contributed by atoms with Gasteiger partial charge in [-0.1, -0.05) is 37.9 Å². The summed E-state index contributed by atoms with van der Waals surface area (Å²) in [5.41, 5.74) is 1.84. The van der Waals surface area contributed by atoms with E-state index in [4.69, 9.17) is 16.3 Å². The molecular weight excluding hydrogens is 408 g/mol. The van der Waals surface area contributed by atoms with Gasteiger partial charge in [0.2, 0.25) is 0 Å². The van der Waals surface area contributed by atoms with Crippen LogP contribution in [0.15, 0.2) is 18.2 Å². The summed E-state index contributed by atoms with van der Waals surface area (Å²) in [5.74, 6) is 3.82. The molecule has 0 bridgehead atoms. The van der Waals surface area contributed by atoms with E-state index in [0.717, 1.165) is 30.2 Å². The summed E-state index contributed by atoms with van der Waals surface area (Å²) in [6, 6.07) is 6.08. The van der Waals surface area contributed by atoms with Crippen LogP contribution in [0.5, 0.6) is 5.75 Å². The maximum atomic E-state index is 11.4. The standard InChI is InChI=1S/C27H39ClO3/c1-26-12-3-4-20(26)19-8-6-18-7-10-23(30)25(27(18,2)21(19)11-13-26)17-5-9-22(28)24(16-17)31-15-14-29/h5,9,16,18-21,23,25,29-30H,3-4,6-8,10-15H2,1-2H3/t18?,19-,20-,21+,23?,25?,26-,27-/m0/s1. The number of hydrogen-bond donors (Lipinski definition) is 2. The van der Waals surface area contributed by atoms with Gasteiger partial charge in [0.1, 0.15) is 12.4 Å². The Labute approximate surface area is 192 Å². The number of benzene rings is 1. The molecule has 31 heavy (non-hydrogen) atoms. The molecule has 0 aromatic heterocycles. The van der Waals surface area contributed by atoms with E-state index in [1.807, 2.05) is 12.1 Å². The lowest BCUT2D eigenvalue weighted by Gasteiger charge is -2.63. The highest BCUT2D eigenvalue weighted by Gasteiger charge is 2.61. The van der Waals surface area contributed by atoms with E-state index in [-0.39, 0.29) is 30.7 Å². The average molecular weight is 447 g/mol. The Bertz CT molecular complexity index is 812. The van der Waals surface area contributed by atoms with E-state index >= 15 is 0 Å². The molecule has 1 aromatic carbocycles. The van der Waals surface area contributed by atoms with Gasteiger partial charge in [-0.2, -0.15) is 0 Å². The van der Waals surface area contributed by atoms with Crippen LogP contribution in [0.4, 0.5) is 0 Å². The van der Waals surface area contributed by atoms with E-state index in [1.54, 1.807) is 0 Å². The second-order valence-corrected chi connectivity index (χ2v) is 11.9. The lowest BCUT2D eigenvalue weighted by atomic mass is 9.42. The molecule has 4 saturated carbocycles. The fourth-order valence-electron chi connectivity index (χ4n) is 8.92. The Hall–Kier alpha value is -0.770. The van der Waals surface area contributed by atoms with Gasteiger partial charge < -0.3 is 14.9 Å². The van der Waals surface area contributed by atoms with Crippen LogP contribution >= 0.6 is 11.6 Å². The number of hydrogen-bond acceptors (Lipinski definition) is 3. The highest BCUT2D eigenvalue weighted by Crippen LogP contribution is 2.69. The van der Waals surface area contributed by atoms with Gasteiger partial charge in [0, 0.05) is 5.92 Å². The highest BCUT2D eigenvalue weighted by atomic mass is 35.5. The molecule has 4 aliphatic rings. The van der Waals surface area contributed by atoms with Crippen molar-refractivity contribution in [3.63, 3.8) is 0 Å². The van der Waals surface area contributed by atoms with E-state index in [0.29, 0.717) is 28.0 Å². The minimum atomic E-state index is -0.316. The van der Waals surface area contributed by atoms with Crippen LogP contribution in [-0.2, 0) is 0 Å². The van der Waals surface area contributed by atoms with Gasteiger partial charge in [-0.05, 0) is 104 Å². The second-order valence-electron chi connectivity index (χ2n) is 11.5. The van der Waals surface area contributed by atoms with Gasteiger partial charge >= 0.3 is 0 Å². The van der Waals surface area contributed by atoms with E-state index in [2.05, 4.69) is 19.9 Å². The topological polar surface area (TPSA) is 49.7 Å². The molecule has 0 amide bonds. The molecule has 5 rings (SSSR count). The molecule has 0 spiro atoms. The SMILES string of the molecule is C[C@@]12CCC[C@H]1[C@@H]1CCC3CCC(O)C(c4ccc(Cl)c(OCCO)c4)[C@]3(C)[C@@H]1CC2. The van der Waals surface area contributed by atoms with Crippen molar-refractivity contribution in [2.45, 2.75) is 83.7 Å². The quantitative estimate of drug-likeness (QED) is 0.578. The van der Waals surface area contributed by atoms with Crippen molar-refractivity contribution in [2.75, 3.05) is 13.2 Å². The fraction of sp³-hybridized carbons (Fsp3) is 0.778. The molecule has 1 aromatic rings. The van der Waals surface area contributed by atoms with Crippen LogP contribution < -0.4 is 4.74 Å². The van der Waals surface area contributed by atoms with E-state index in [1.165, 1.54) is 44.9 Å². The highest BCUT2D eigenvalue weighted by molar-refractivity contribution is 6.32. The van der Waals surface area contributed by atoms with Gasteiger partial charge in [-0.3, -0.25) is 0 Å². The van der Waals surface area contributed by atoms with Crippen molar-refractivity contribution in [1.29, 1.82) is 0 Å². The third-order valence-electron chi connectivity index (χ3n) is 10.3. The molecule has 8 atom stereocenters. The predicted octanol–water partition coefficient (Wildman–Crippen LogP) is 6.20. The van der Waals surface area contributed by atoms with E-state index in [9.17, 15) is 10.2 Å². The molecule has 0 saturated heterocycles. The molecule has 4 fully saturated rings. The lowest BCUT2D eigenvalue weighted by molar-refractivity contribution is -0.139. The van der Waals surface area contributed by atoms with Gasteiger partial charge in [-0.25, -0.2) is 0 Å². The van der Waals surface area contributed by atoms with Crippen LogP contribution in [0.3, 0.4) is 0 Å². The first kappa shape index (κ1) is 22.0. The van der Waals surface area contributed by atoms with Crippen molar-refractivity contribution in [3.8, 4) is 5.75 Å². The summed E-state index contributed by atoms with van der Waals surface area (Å²) >= 11 is 6.40. The molecule has 3 unspecified atom stereocenters. The Morgan fingerprint density at radius 3 is 2.65 bits per heavy atom. The van der Waals surface area contributed by atoms with Crippen molar-refractivity contribution in [3.05, 3.63) is 28.8 Å². The van der Waals surface area contributed by atoms with Gasteiger partial charge in [0.25, 0.3) is 0 Å². The van der Waals surface area contributed by atoms with Crippen LogP contribution in [0.2, 0.25) is 5.02 Å². The van der Waals surface area contributed by atoms with Crippen LogP contribution in [-0.4, -0.2) is 29.5 Å². The predicted molar refractivity (Wildman–Crippen MR) is 125 cm³/mol. The third-order valence-corrected chi connectivity index (χ3v) is 10.6. The van der Waals surface area contributed by atoms with Gasteiger partial charge in [0.15, 0.2) is 0 Å². The van der Waals surface area contributed by atoms with Crippen LogP contribution in [0.1, 0.15) is 83.1 Å². The number of rotatable bonds is 4. The normalized spacial score (nSPS) is 44.3. The molecule has 4 aliphatic carbocycles. The smallest absolute Gasteiger partial charge is 0.138 e. The zero-order valence-electron chi connectivity index (χ0n) is 19.2. The number of aliphatic hydroxyl groups is 2. The molecule has 0 aliphatic heterocycles. The van der Waals surface area contributed by atoms with Crippen LogP contribution in [0, 0.1) is 34.5 Å². The van der Waals surface area contributed by atoms with Crippen LogP contribution in [0.25, 0.3) is 0 Å². The first-order valence-electron chi connectivity index (χ1n) is 12.6. The molecule has 2 N–H and O–H groups in total.